The van der Waals surface area contributed by atoms with Gasteiger partial charge in [-0.3, -0.25) is 14.3 Å². The van der Waals surface area contributed by atoms with Gasteiger partial charge >= 0.3 is 5.97 Å². The Morgan fingerprint density at radius 2 is 2.22 bits per heavy atom. The Bertz CT molecular complexity index is 693. The van der Waals surface area contributed by atoms with Crippen LogP contribution < -0.4 is 0 Å². The number of carboxylic acid groups (broad SMARTS) is 1. The highest BCUT2D eigenvalue weighted by atomic mass is 32.1. The van der Waals surface area contributed by atoms with Crippen LogP contribution >= 0.6 is 11.3 Å². The third-order valence-corrected chi connectivity index (χ3v) is 4.79. The summed E-state index contributed by atoms with van der Waals surface area (Å²) in [6.45, 7) is 2.05. The number of thiophene rings is 1. The van der Waals surface area contributed by atoms with Gasteiger partial charge in [0.05, 0.1) is 30.8 Å². The van der Waals surface area contributed by atoms with Crippen molar-refractivity contribution in [3.05, 3.63) is 39.8 Å². The fraction of sp³-hybridized carbons (Fsp3) is 0.438. The van der Waals surface area contributed by atoms with E-state index in [-0.39, 0.29) is 12.3 Å². The Morgan fingerprint density at radius 1 is 1.35 bits per heavy atom. The van der Waals surface area contributed by atoms with Gasteiger partial charge in [0.2, 0.25) is 5.91 Å². The van der Waals surface area contributed by atoms with E-state index in [0.717, 1.165) is 35.8 Å². The largest absolute Gasteiger partial charge is 0.481 e. The predicted molar refractivity (Wildman–Crippen MR) is 86.2 cm³/mol. The second-order valence-electron chi connectivity index (χ2n) is 5.67. The molecule has 2 aromatic heterocycles. The van der Waals surface area contributed by atoms with Gasteiger partial charge in [-0.1, -0.05) is 6.07 Å². The number of carboxylic acids is 1. The first-order valence-corrected chi connectivity index (χ1v) is 8.57. The average Bonchev–Trinajstić information content (AvgIpc) is 3.10. The lowest BCUT2D eigenvalue weighted by Crippen LogP contribution is -2.31. The van der Waals surface area contributed by atoms with Crippen molar-refractivity contribution in [1.29, 1.82) is 0 Å². The fourth-order valence-electron chi connectivity index (χ4n) is 2.77. The maximum atomic E-state index is 12.5. The topological polar surface area (TPSA) is 75.4 Å². The number of fused-ring (bicyclic) bond motifs is 1. The van der Waals surface area contributed by atoms with Gasteiger partial charge < -0.3 is 10.0 Å². The monoisotopic (exact) mass is 333 g/mol. The molecule has 2 aromatic rings. The van der Waals surface area contributed by atoms with Gasteiger partial charge in [-0.2, -0.15) is 5.10 Å². The zero-order chi connectivity index (χ0) is 16.2. The van der Waals surface area contributed by atoms with E-state index in [1.54, 1.807) is 11.3 Å². The minimum Gasteiger partial charge on any atom is -0.481 e. The standard InChI is InChI=1S/C16H19N3O3S/c20-15(10-14-3-1-8-23-14)18-6-2-7-19-13(11-18)9-12(17-19)4-5-16(21)22/h1,3,8-9H,2,4-7,10-11H2,(H,21,22). The highest BCUT2D eigenvalue weighted by Gasteiger charge is 2.21. The van der Waals surface area contributed by atoms with Crippen molar-refractivity contribution in [2.24, 2.45) is 0 Å². The van der Waals surface area contributed by atoms with Crippen LogP contribution in [0.4, 0.5) is 0 Å². The van der Waals surface area contributed by atoms with E-state index in [1.165, 1.54) is 0 Å². The van der Waals surface area contributed by atoms with Crippen LogP contribution in [-0.2, 0) is 35.5 Å². The first kappa shape index (κ1) is 15.7. The molecule has 1 aliphatic rings. The zero-order valence-corrected chi connectivity index (χ0v) is 13.6. The highest BCUT2D eigenvalue weighted by molar-refractivity contribution is 7.10. The Balaban J connectivity index is 1.67. The smallest absolute Gasteiger partial charge is 0.303 e. The number of aliphatic carboxylic acids is 1. The lowest BCUT2D eigenvalue weighted by atomic mass is 10.2. The van der Waals surface area contributed by atoms with Gasteiger partial charge in [0.25, 0.3) is 0 Å². The molecule has 0 fully saturated rings. The summed E-state index contributed by atoms with van der Waals surface area (Å²) in [5.41, 5.74) is 1.78. The summed E-state index contributed by atoms with van der Waals surface area (Å²) in [7, 11) is 0. The number of nitrogens with zero attached hydrogens (tertiary/aromatic N) is 3. The molecule has 0 saturated carbocycles. The molecule has 0 atom stereocenters. The summed E-state index contributed by atoms with van der Waals surface area (Å²) < 4.78 is 1.91. The second kappa shape index (κ2) is 6.95. The Hall–Kier alpha value is -2.15. The van der Waals surface area contributed by atoms with Crippen molar-refractivity contribution >= 4 is 23.2 Å². The summed E-state index contributed by atoms with van der Waals surface area (Å²) in [6, 6.07) is 5.87. The summed E-state index contributed by atoms with van der Waals surface area (Å²) >= 11 is 1.60. The highest BCUT2D eigenvalue weighted by Crippen LogP contribution is 2.17. The van der Waals surface area contributed by atoms with Gasteiger partial charge in [0.15, 0.2) is 0 Å². The molecule has 3 rings (SSSR count). The minimum absolute atomic E-state index is 0.0808. The molecule has 0 spiro atoms. The molecule has 0 unspecified atom stereocenters. The van der Waals surface area contributed by atoms with Crippen LogP contribution in [0.2, 0.25) is 0 Å². The van der Waals surface area contributed by atoms with Crippen LogP contribution in [0.1, 0.15) is 29.1 Å². The molecule has 0 saturated heterocycles. The van der Waals surface area contributed by atoms with Gasteiger partial charge in [-0.15, -0.1) is 11.3 Å². The van der Waals surface area contributed by atoms with Crippen molar-refractivity contribution in [3.8, 4) is 0 Å². The molecular formula is C16H19N3O3S. The van der Waals surface area contributed by atoms with E-state index < -0.39 is 5.97 Å². The number of rotatable bonds is 5. The van der Waals surface area contributed by atoms with E-state index >= 15 is 0 Å². The molecule has 0 bridgehead atoms. The summed E-state index contributed by atoms with van der Waals surface area (Å²) in [6.07, 6.45) is 1.82. The SMILES string of the molecule is O=C(O)CCc1cc2n(n1)CCCN(C(=O)Cc1cccs1)C2. The van der Waals surface area contributed by atoms with E-state index in [1.807, 2.05) is 33.2 Å². The number of hydrogen-bond donors (Lipinski definition) is 1. The molecule has 7 heteroatoms. The van der Waals surface area contributed by atoms with E-state index in [9.17, 15) is 9.59 Å². The number of aromatic nitrogens is 2. The molecule has 3 heterocycles. The molecule has 0 aromatic carbocycles. The van der Waals surface area contributed by atoms with Crippen LogP contribution in [0.3, 0.4) is 0 Å². The Kier molecular flexibility index (Phi) is 4.76. The summed E-state index contributed by atoms with van der Waals surface area (Å²) in [5, 5.41) is 15.2. The molecular weight excluding hydrogens is 314 g/mol. The molecule has 1 aliphatic heterocycles. The third kappa shape index (κ3) is 3.98. The number of hydrogen-bond acceptors (Lipinski definition) is 4. The maximum absolute atomic E-state index is 12.5. The van der Waals surface area contributed by atoms with Gasteiger partial charge in [-0.05, 0) is 23.9 Å². The number of carbonyl (C=O) groups is 2. The average molecular weight is 333 g/mol. The molecule has 1 N–H and O–H groups in total. The van der Waals surface area contributed by atoms with Gasteiger partial charge in [0, 0.05) is 24.4 Å². The van der Waals surface area contributed by atoms with E-state index in [0.29, 0.717) is 19.4 Å². The van der Waals surface area contributed by atoms with Crippen LogP contribution in [0.15, 0.2) is 23.6 Å². The van der Waals surface area contributed by atoms with Gasteiger partial charge in [0.1, 0.15) is 0 Å². The Labute approximate surface area is 138 Å². The Morgan fingerprint density at radius 3 is 2.96 bits per heavy atom. The summed E-state index contributed by atoms with van der Waals surface area (Å²) in [5.74, 6) is -0.685. The quantitative estimate of drug-likeness (QED) is 0.907. The lowest BCUT2D eigenvalue weighted by molar-refractivity contribution is -0.137. The van der Waals surface area contributed by atoms with Crippen LogP contribution in [0.5, 0.6) is 0 Å². The van der Waals surface area contributed by atoms with Crippen molar-refractivity contribution in [2.45, 2.75) is 38.8 Å². The second-order valence-corrected chi connectivity index (χ2v) is 6.70. The number of aryl methyl sites for hydroxylation is 2. The van der Waals surface area contributed by atoms with Crippen molar-refractivity contribution in [3.63, 3.8) is 0 Å². The van der Waals surface area contributed by atoms with Crippen molar-refractivity contribution in [2.75, 3.05) is 6.54 Å². The predicted octanol–water partition coefficient (Wildman–Crippen LogP) is 1.94. The van der Waals surface area contributed by atoms with Crippen LogP contribution in [-0.4, -0.2) is 38.2 Å². The number of carbonyl (C=O) groups excluding carboxylic acids is 1. The molecule has 6 nitrogen and oxygen atoms in total. The third-order valence-electron chi connectivity index (χ3n) is 3.92. The molecule has 1 amide bonds. The summed E-state index contributed by atoms with van der Waals surface area (Å²) in [4.78, 5) is 26.1. The molecule has 23 heavy (non-hydrogen) atoms. The molecule has 0 aliphatic carbocycles. The minimum atomic E-state index is -0.819. The van der Waals surface area contributed by atoms with Crippen molar-refractivity contribution < 1.29 is 14.7 Å². The maximum Gasteiger partial charge on any atom is 0.303 e. The van der Waals surface area contributed by atoms with Crippen molar-refractivity contribution in [1.82, 2.24) is 14.7 Å². The molecule has 0 radical (unpaired) electrons. The van der Waals surface area contributed by atoms with E-state index in [4.69, 9.17) is 5.11 Å². The van der Waals surface area contributed by atoms with Crippen LogP contribution in [0, 0.1) is 0 Å². The number of amides is 1. The first-order valence-electron chi connectivity index (χ1n) is 7.69. The molecule has 122 valence electrons. The first-order chi connectivity index (χ1) is 11.1. The van der Waals surface area contributed by atoms with Gasteiger partial charge in [-0.25, -0.2) is 0 Å². The normalized spacial score (nSPS) is 14.3. The fourth-order valence-corrected chi connectivity index (χ4v) is 3.46. The van der Waals surface area contributed by atoms with Crippen LogP contribution in [0.25, 0.3) is 0 Å². The zero-order valence-electron chi connectivity index (χ0n) is 12.8. The lowest BCUT2D eigenvalue weighted by Gasteiger charge is -2.19. The van der Waals surface area contributed by atoms with E-state index in [2.05, 4.69) is 5.10 Å².